The van der Waals surface area contributed by atoms with E-state index in [2.05, 4.69) is 10.9 Å². The van der Waals surface area contributed by atoms with Crippen molar-refractivity contribution in [2.45, 2.75) is 25.3 Å². The van der Waals surface area contributed by atoms with E-state index in [0.717, 1.165) is 19.3 Å². The monoisotopic (exact) mass is 158 g/mol. The minimum atomic E-state index is -0.662. The Balaban J connectivity index is 2.29. The summed E-state index contributed by atoms with van der Waals surface area (Å²) < 4.78 is 0. The number of aliphatic carboxylic acids is 1. The van der Waals surface area contributed by atoms with Gasteiger partial charge in [-0.2, -0.15) is 0 Å². The fourth-order valence-corrected chi connectivity index (χ4v) is 1.54. The number of hydrazine groups is 1. The number of hydrogen-bond donors (Lipinski definition) is 3. The molecule has 1 aliphatic rings. The van der Waals surface area contributed by atoms with E-state index in [1.165, 1.54) is 0 Å². The van der Waals surface area contributed by atoms with Gasteiger partial charge in [-0.3, -0.25) is 15.6 Å². The molecule has 4 nitrogen and oxygen atoms in total. The molecule has 4 heteroatoms. The third-order valence-electron chi connectivity index (χ3n) is 2.13. The van der Waals surface area contributed by atoms with Gasteiger partial charge in [-0.1, -0.05) is 0 Å². The molecule has 1 saturated carbocycles. The number of nitrogens with one attached hydrogen (secondary N) is 2. The largest absolute Gasteiger partial charge is 0.481 e. The fraction of sp³-hybridized carbons (Fsp3) is 0.857. The van der Waals surface area contributed by atoms with Crippen LogP contribution < -0.4 is 10.9 Å². The van der Waals surface area contributed by atoms with Crippen molar-refractivity contribution in [2.75, 3.05) is 7.05 Å². The number of carbonyl (C=O) groups is 1. The van der Waals surface area contributed by atoms with Gasteiger partial charge >= 0.3 is 5.97 Å². The van der Waals surface area contributed by atoms with E-state index in [0.29, 0.717) is 6.04 Å². The molecule has 0 aromatic heterocycles. The maximum Gasteiger partial charge on any atom is 0.306 e. The molecule has 3 N–H and O–H groups in total. The van der Waals surface area contributed by atoms with E-state index in [4.69, 9.17) is 5.11 Å². The molecule has 0 amide bonds. The van der Waals surface area contributed by atoms with Crippen molar-refractivity contribution in [1.29, 1.82) is 0 Å². The fourth-order valence-electron chi connectivity index (χ4n) is 1.54. The summed E-state index contributed by atoms with van der Waals surface area (Å²) in [6.07, 6.45) is 2.50. The summed E-state index contributed by atoms with van der Waals surface area (Å²) in [4.78, 5) is 10.5. The third kappa shape index (κ3) is 2.17. The van der Waals surface area contributed by atoms with Crippen LogP contribution >= 0.6 is 0 Å². The quantitative estimate of drug-likeness (QED) is 0.504. The molecule has 0 heterocycles. The first kappa shape index (κ1) is 8.49. The van der Waals surface area contributed by atoms with Gasteiger partial charge in [0, 0.05) is 6.04 Å². The van der Waals surface area contributed by atoms with Gasteiger partial charge in [0.05, 0.1) is 5.92 Å². The molecule has 0 unspecified atom stereocenters. The average molecular weight is 158 g/mol. The van der Waals surface area contributed by atoms with Crippen molar-refractivity contribution < 1.29 is 9.90 Å². The van der Waals surface area contributed by atoms with Crippen LogP contribution in [0, 0.1) is 5.92 Å². The molecule has 0 radical (unpaired) electrons. The molecule has 0 aliphatic heterocycles. The van der Waals surface area contributed by atoms with E-state index >= 15 is 0 Å². The predicted molar refractivity (Wildman–Crippen MR) is 41.0 cm³/mol. The molecule has 0 aromatic carbocycles. The number of rotatable bonds is 3. The molecule has 0 saturated heterocycles. The highest BCUT2D eigenvalue weighted by Gasteiger charge is 2.28. The van der Waals surface area contributed by atoms with Crippen LogP contribution in [0.5, 0.6) is 0 Å². The molecule has 11 heavy (non-hydrogen) atoms. The number of hydrogen-bond acceptors (Lipinski definition) is 3. The molecule has 0 spiro atoms. The lowest BCUT2D eigenvalue weighted by molar-refractivity contribution is -0.141. The van der Waals surface area contributed by atoms with E-state index in [9.17, 15) is 4.79 Å². The van der Waals surface area contributed by atoms with Gasteiger partial charge < -0.3 is 5.11 Å². The standard InChI is InChI=1S/C7H14N2O2/c1-8-9-6-3-2-5(4-6)7(10)11/h5-6,8-9H,2-4H2,1H3,(H,10,11)/t5-,6+/m1/s1. The summed E-state index contributed by atoms with van der Waals surface area (Å²) in [5, 5.41) is 8.65. The first-order chi connectivity index (χ1) is 5.24. The van der Waals surface area contributed by atoms with Gasteiger partial charge in [-0.15, -0.1) is 0 Å². The topological polar surface area (TPSA) is 61.4 Å². The molecule has 1 fully saturated rings. The van der Waals surface area contributed by atoms with Crippen LogP contribution in [0.3, 0.4) is 0 Å². The Morgan fingerprint density at radius 3 is 2.73 bits per heavy atom. The van der Waals surface area contributed by atoms with Gasteiger partial charge in [0.1, 0.15) is 0 Å². The van der Waals surface area contributed by atoms with Crippen LogP contribution in [0.2, 0.25) is 0 Å². The molecule has 1 aliphatic carbocycles. The van der Waals surface area contributed by atoms with Crippen LogP contribution in [0.4, 0.5) is 0 Å². The van der Waals surface area contributed by atoms with Gasteiger partial charge in [0.25, 0.3) is 0 Å². The lowest BCUT2D eigenvalue weighted by Gasteiger charge is -2.09. The Morgan fingerprint density at radius 2 is 2.27 bits per heavy atom. The summed E-state index contributed by atoms with van der Waals surface area (Å²) in [6, 6.07) is 0.334. The minimum Gasteiger partial charge on any atom is -0.481 e. The minimum absolute atomic E-state index is 0.138. The summed E-state index contributed by atoms with van der Waals surface area (Å²) in [6.45, 7) is 0. The summed E-state index contributed by atoms with van der Waals surface area (Å²) in [7, 11) is 1.80. The Labute approximate surface area is 65.9 Å². The van der Waals surface area contributed by atoms with E-state index in [-0.39, 0.29) is 5.92 Å². The van der Waals surface area contributed by atoms with E-state index < -0.39 is 5.97 Å². The third-order valence-corrected chi connectivity index (χ3v) is 2.13. The van der Waals surface area contributed by atoms with Crippen LogP contribution in [0.15, 0.2) is 0 Å². The highest BCUT2D eigenvalue weighted by molar-refractivity contribution is 5.70. The highest BCUT2D eigenvalue weighted by Crippen LogP contribution is 2.24. The molecule has 1 rings (SSSR count). The zero-order chi connectivity index (χ0) is 8.27. The van der Waals surface area contributed by atoms with Crippen LogP contribution in [0.1, 0.15) is 19.3 Å². The first-order valence-electron chi connectivity index (χ1n) is 3.89. The second-order valence-corrected chi connectivity index (χ2v) is 2.94. The molecule has 0 bridgehead atoms. The number of carboxylic acids is 1. The van der Waals surface area contributed by atoms with Crippen molar-refractivity contribution >= 4 is 5.97 Å². The Hall–Kier alpha value is -0.610. The van der Waals surface area contributed by atoms with Gasteiger partial charge in [0.2, 0.25) is 0 Å². The lowest BCUT2D eigenvalue weighted by atomic mass is 10.1. The van der Waals surface area contributed by atoms with Crippen LogP contribution in [-0.4, -0.2) is 24.2 Å². The molecular formula is C7H14N2O2. The van der Waals surface area contributed by atoms with Gasteiger partial charge in [0.15, 0.2) is 0 Å². The highest BCUT2D eigenvalue weighted by atomic mass is 16.4. The zero-order valence-electron chi connectivity index (χ0n) is 6.63. The van der Waals surface area contributed by atoms with Crippen LogP contribution in [0.25, 0.3) is 0 Å². The average Bonchev–Trinajstić information content (AvgIpc) is 2.37. The molecular weight excluding hydrogens is 144 g/mol. The lowest BCUT2D eigenvalue weighted by Crippen LogP contribution is -2.36. The predicted octanol–water partition coefficient (Wildman–Crippen LogP) is -0.0363. The first-order valence-corrected chi connectivity index (χ1v) is 3.89. The Bertz CT molecular complexity index is 149. The van der Waals surface area contributed by atoms with Gasteiger partial charge in [-0.25, -0.2) is 0 Å². The molecule has 64 valence electrons. The SMILES string of the molecule is CNN[C@H]1CC[C@@H](C(=O)O)C1. The van der Waals surface area contributed by atoms with Crippen molar-refractivity contribution in [2.24, 2.45) is 5.92 Å². The molecule has 2 atom stereocenters. The smallest absolute Gasteiger partial charge is 0.306 e. The van der Waals surface area contributed by atoms with E-state index in [1.54, 1.807) is 7.05 Å². The second-order valence-electron chi connectivity index (χ2n) is 2.94. The maximum atomic E-state index is 10.5. The van der Waals surface area contributed by atoms with Crippen molar-refractivity contribution in [1.82, 2.24) is 10.9 Å². The summed E-state index contributed by atoms with van der Waals surface area (Å²) in [5.41, 5.74) is 5.84. The second kappa shape index (κ2) is 3.69. The summed E-state index contributed by atoms with van der Waals surface area (Å²) in [5.74, 6) is -0.800. The van der Waals surface area contributed by atoms with Crippen molar-refractivity contribution in [3.63, 3.8) is 0 Å². The van der Waals surface area contributed by atoms with Crippen molar-refractivity contribution in [3.8, 4) is 0 Å². The van der Waals surface area contributed by atoms with Crippen molar-refractivity contribution in [3.05, 3.63) is 0 Å². The summed E-state index contributed by atoms with van der Waals surface area (Å²) >= 11 is 0. The zero-order valence-corrected chi connectivity index (χ0v) is 6.63. The van der Waals surface area contributed by atoms with Gasteiger partial charge in [-0.05, 0) is 26.3 Å². The number of carboxylic acid groups (broad SMARTS) is 1. The maximum absolute atomic E-state index is 10.5. The van der Waals surface area contributed by atoms with Crippen LogP contribution in [-0.2, 0) is 4.79 Å². The molecule has 0 aromatic rings. The Morgan fingerprint density at radius 1 is 1.55 bits per heavy atom. The van der Waals surface area contributed by atoms with E-state index in [1.807, 2.05) is 0 Å². The normalized spacial score (nSPS) is 30.6. The Kier molecular flexibility index (Phi) is 2.84.